The molecule has 0 atom stereocenters. The molecule has 0 saturated carbocycles. The van der Waals surface area contributed by atoms with Crippen molar-refractivity contribution in [2.45, 2.75) is 0 Å². The number of phenolic OH excluding ortho intramolecular Hbond substituents is 1. The average Bonchev–Trinajstić information content (AvgIpc) is 2.41. The molecule has 1 heterocycles. The van der Waals surface area contributed by atoms with Gasteiger partial charge in [0.25, 0.3) is 0 Å². The monoisotopic (exact) mass is 208 g/mol. The molecule has 3 nitrogen and oxygen atoms in total. The van der Waals surface area contributed by atoms with Crippen LogP contribution >= 0.6 is 11.3 Å². The molecule has 0 radical (unpaired) electrons. The van der Waals surface area contributed by atoms with Gasteiger partial charge in [0.05, 0.1) is 10.3 Å². The summed E-state index contributed by atoms with van der Waals surface area (Å²) in [6.45, 7) is 0. The lowest BCUT2D eigenvalue weighted by atomic mass is 10.1. The van der Waals surface area contributed by atoms with Crippen LogP contribution in [0.25, 0.3) is 10.1 Å². The Hall–Kier alpha value is -1.80. The minimum Gasteiger partial charge on any atom is -0.508 e. The zero-order valence-electron chi connectivity index (χ0n) is 6.91. The number of hydrogen-bond donors (Lipinski definition) is 2. The first-order chi connectivity index (χ1) is 6.63. The Kier molecular flexibility index (Phi) is 1.79. The standard InChI is InChI=1S/C9H5FN2OS/c10-7-2-4(13)1-5-6(3-11)9(12)14-8(5)7/h1-2,13H,12H2. The first-order valence-corrected chi connectivity index (χ1v) is 4.55. The van der Waals surface area contributed by atoms with E-state index in [0.717, 1.165) is 17.4 Å². The summed E-state index contributed by atoms with van der Waals surface area (Å²) in [4.78, 5) is 0. The lowest BCUT2D eigenvalue weighted by molar-refractivity contribution is 0.471. The number of nitriles is 1. The van der Waals surface area contributed by atoms with Gasteiger partial charge in [-0.3, -0.25) is 0 Å². The maximum atomic E-state index is 13.3. The molecule has 0 bridgehead atoms. The van der Waals surface area contributed by atoms with Crippen LogP contribution in [-0.2, 0) is 0 Å². The minimum absolute atomic E-state index is 0.204. The van der Waals surface area contributed by atoms with E-state index in [9.17, 15) is 4.39 Å². The molecule has 14 heavy (non-hydrogen) atoms. The highest BCUT2D eigenvalue weighted by molar-refractivity contribution is 7.23. The quantitative estimate of drug-likeness (QED) is 0.697. The van der Waals surface area contributed by atoms with Gasteiger partial charge in [0.15, 0.2) is 0 Å². The average molecular weight is 208 g/mol. The summed E-state index contributed by atoms with van der Waals surface area (Å²) in [7, 11) is 0. The number of rotatable bonds is 0. The SMILES string of the molecule is N#Cc1c(N)sc2c(F)cc(O)cc12. The number of benzene rings is 1. The van der Waals surface area contributed by atoms with Gasteiger partial charge >= 0.3 is 0 Å². The summed E-state index contributed by atoms with van der Waals surface area (Å²) in [6.07, 6.45) is 0. The van der Waals surface area contributed by atoms with Gasteiger partial charge in [-0.15, -0.1) is 11.3 Å². The first-order valence-electron chi connectivity index (χ1n) is 3.74. The van der Waals surface area contributed by atoms with Gasteiger partial charge in [0.1, 0.15) is 22.6 Å². The summed E-state index contributed by atoms with van der Waals surface area (Å²) in [5.41, 5.74) is 5.75. The highest BCUT2D eigenvalue weighted by atomic mass is 32.1. The van der Waals surface area contributed by atoms with E-state index in [1.165, 1.54) is 6.07 Å². The molecule has 3 N–H and O–H groups in total. The third-order valence-corrected chi connectivity index (χ3v) is 2.91. The molecule has 2 rings (SSSR count). The second-order valence-corrected chi connectivity index (χ2v) is 3.81. The van der Waals surface area contributed by atoms with E-state index in [2.05, 4.69) is 0 Å². The fraction of sp³-hybridized carbons (Fsp3) is 0. The van der Waals surface area contributed by atoms with Crippen molar-refractivity contribution in [2.24, 2.45) is 0 Å². The fourth-order valence-corrected chi connectivity index (χ4v) is 2.18. The van der Waals surface area contributed by atoms with Crippen molar-refractivity contribution in [1.29, 1.82) is 5.26 Å². The third kappa shape index (κ3) is 1.09. The van der Waals surface area contributed by atoms with Gasteiger partial charge < -0.3 is 10.8 Å². The highest BCUT2D eigenvalue weighted by Gasteiger charge is 2.13. The van der Waals surface area contributed by atoms with Crippen LogP contribution in [-0.4, -0.2) is 5.11 Å². The number of phenols is 1. The number of nitrogens with zero attached hydrogens (tertiary/aromatic N) is 1. The Morgan fingerprint density at radius 1 is 1.50 bits per heavy atom. The molecular formula is C9H5FN2OS. The normalized spacial score (nSPS) is 10.3. The predicted molar refractivity (Wildman–Crippen MR) is 52.6 cm³/mol. The summed E-state index contributed by atoms with van der Waals surface area (Å²) in [5, 5.41) is 18.6. The molecule has 1 aromatic heterocycles. The minimum atomic E-state index is -0.557. The van der Waals surface area contributed by atoms with Gasteiger partial charge in [0.2, 0.25) is 0 Å². The smallest absolute Gasteiger partial charge is 0.144 e. The van der Waals surface area contributed by atoms with Crippen molar-refractivity contribution in [1.82, 2.24) is 0 Å². The van der Waals surface area contributed by atoms with Crippen molar-refractivity contribution < 1.29 is 9.50 Å². The second-order valence-electron chi connectivity index (χ2n) is 2.76. The molecule has 70 valence electrons. The highest BCUT2D eigenvalue weighted by Crippen LogP contribution is 2.36. The molecule has 2 aromatic rings. The molecule has 0 aliphatic rings. The molecular weight excluding hydrogens is 203 g/mol. The molecule has 1 aromatic carbocycles. The number of anilines is 1. The van der Waals surface area contributed by atoms with Crippen LogP contribution < -0.4 is 5.73 Å². The molecule has 0 aliphatic heterocycles. The van der Waals surface area contributed by atoms with Crippen LogP contribution in [0.2, 0.25) is 0 Å². The van der Waals surface area contributed by atoms with E-state index in [-0.39, 0.29) is 16.3 Å². The van der Waals surface area contributed by atoms with E-state index >= 15 is 0 Å². The van der Waals surface area contributed by atoms with Crippen molar-refractivity contribution in [2.75, 3.05) is 5.73 Å². The lowest BCUT2D eigenvalue weighted by Gasteiger charge is -1.94. The van der Waals surface area contributed by atoms with Crippen LogP contribution in [0.3, 0.4) is 0 Å². The van der Waals surface area contributed by atoms with Gasteiger partial charge in [0, 0.05) is 11.5 Å². The molecule has 0 aliphatic carbocycles. The van der Waals surface area contributed by atoms with Crippen LogP contribution in [0.4, 0.5) is 9.39 Å². The van der Waals surface area contributed by atoms with Gasteiger partial charge in [-0.1, -0.05) is 0 Å². The molecule has 0 spiro atoms. The van der Waals surface area contributed by atoms with Crippen molar-refractivity contribution in [3.63, 3.8) is 0 Å². The zero-order chi connectivity index (χ0) is 10.3. The molecule has 0 amide bonds. The Labute approximate surface area is 82.8 Å². The Balaban J connectivity index is 2.97. The predicted octanol–water partition coefficient (Wildman–Crippen LogP) is 2.20. The number of nitrogens with two attached hydrogens (primary N) is 1. The number of thiophene rings is 1. The van der Waals surface area contributed by atoms with E-state index in [4.69, 9.17) is 16.1 Å². The maximum absolute atomic E-state index is 13.3. The van der Waals surface area contributed by atoms with Gasteiger partial charge in [-0.25, -0.2) is 4.39 Å². The van der Waals surface area contributed by atoms with Crippen molar-refractivity contribution in [3.8, 4) is 11.8 Å². The fourth-order valence-electron chi connectivity index (χ4n) is 1.28. The zero-order valence-corrected chi connectivity index (χ0v) is 7.73. The second kappa shape index (κ2) is 2.86. The lowest BCUT2D eigenvalue weighted by Crippen LogP contribution is -1.82. The van der Waals surface area contributed by atoms with Crippen molar-refractivity contribution >= 4 is 26.4 Å². The number of halogens is 1. The summed E-state index contributed by atoms with van der Waals surface area (Å²) in [6, 6.07) is 4.22. The van der Waals surface area contributed by atoms with E-state index in [1.807, 2.05) is 6.07 Å². The number of hydrogen-bond acceptors (Lipinski definition) is 4. The third-order valence-electron chi connectivity index (χ3n) is 1.87. The van der Waals surface area contributed by atoms with Gasteiger partial charge in [-0.05, 0) is 6.07 Å². The van der Waals surface area contributed by atoms with E-state index in [1.54, 1.807) is 0 Å². The first kappa shape index (κ1) is 8.78. The number of aromatic hydroxyl groups is 1. The number of nitrogen functional groups attached to an aromatic ring is 1. The number of fused-ring (bicyclic) bond motifs is 1. The van der Waals surface area contributed by atoms with E-state index < -0.39 is 5.82 Å². The molecule has 0 unspecified atom stereocenters. The van der Waals surface area contributed by atoms with Crippen LogP contribution in [0.1, 0.15) is 5.56 Å². The summed E-state index contributed by atoms with van der Waals surface area (Å²) >= 11 is 1.01. The van der Waals surface area contributed by atoms with Crippen LogP contribution in [0.15, 0.2) is 12.1 Å². The summed E-state index contributed by atoms with van der Waals surface area (Å²) < 4.78 is 13.6. The van der Waals surface area contributed by atoms with E-state index in [0.29, 0.717) is 10.1 Å². The van der Waals surface area contributed by atoms with Crippen molar-refractivity contribution in [3.05, 3.63) is 23.5 Å². The summed E-state index contributed by atoms with van der Waals surface area (Å²) in [5.74, 6) is -0.762. The Morgan fingerprint density at radius 3 is 2.86 bits per heavy atom. The Bertz CT molecular complexity index is 556. The van der Waals surface area contributed by atoms with Crippen LogP contribution in [0, 0.1) is 17.1 Å². The molecule has 5 heteroatoms. The topological polar surface area (TPSA) is 70.0 Å². The van der Waals surface area contributed by atoms with Crippen LogP contribution in [0.5, 0.6) is 5.75 Å². The van der Waals surface area contributed by atoms with Gasteiger partial charge in [-0.2, -0.15) is 5.26 Å². The maximum Gasteiger partial charge on any atom is 0.144 e. The largest absolute Gasteiger partial charge is 0.508 e. The Morgan fingerprint density at radius 2 is 2.21 bits per heavy atom. The molecule has 0 fully saturated rings. The molecule has 0 saturated heterocycles.